The highest BCUT2D eigenvalue weighted by atomic mass is 16.5. The second-order valence-corrected chi connectivity index (χ2v) is 4.08. The first-order valence-electron chi connectivity index (χ1n) is 5.68. The Balaban J connectivity index is 2.74. The summed E-state index contributed by atoms with van der Waals surface area (Å²) < 4.78 is 6.93. The van der Waals surface area contributed by atoms with Gasteiger partial charge in [0.2, 0.25) is 0 Å². The van der Waals surface area contributed by atoms with Crippen LogP contribution in [0.5, 0.6) is 0 Å². The maximum absolute atomic E-state index is 11.9. The highest BCUT2D eigenvalue weighted by molar-refractivity contribution is 5.90. The molecule has 0 aliphatic carbocycles. The Morgan fingerprint density at radius 3 is 2.71 bits per heavy atom. The molecule has 0 aliphatic rings. The van der Waals surface area contributed by atoms with Gasteiger partial charge in [0.25, 0.3) is 0 Å². The number of aryl methyl sites for hydroxylation is 3. The number of imidazole rings is 1. The van der Waals surface area contributed by atoms with Crippen molar-refractivity contribution in [3.8, 4) is 0 Å². The number of nitrogens with zero attached hydrogens (tertiary/aromatic N) is 2. The smallest absolute Gasteiger partial charge is 0.357 e. The minimum Gasteiger partial charge on any atom is -0.461 e. The fourth-order valence-corrected chi connectivity index (χ4v) is 1.97. The van der Waals surface area contributed by atoms with E-state index in [0.717, 1.165) is 16.9 Å². The summed E-state index contributed by atoms with van der Waals surface area (Å²) in [5.41, 5.74) is 4.10. The van der Waals surface area contributed by atoms with E-state index in [1.54, 1.807) is 6.92 Å². The maximum atomic E-state index is 11.9. The Bertz CT molecular complexity index is 585. The van der Waals surface area contributed by atoms with Crippen molar-refractivity contribution >= 4 is 11.6 Å². The summed E-state index contributed by atoms with van der Waals surface area (Å²) in [6, 6.07) is 3.98. The van der Waals surface area contributed by atoms with Crippen LogP contribution >= 0.6 is 0 Å². The molecule has 4 heteroatoms. The van der Waals surface area contributed by atoms with Crippen molar-refractivity contribution in [1.82, 2.24) is 9.38 Å². The molecule has 90 valence electrons. The predicted octanol–water partition coefficient (Wildman–Crippen LogP) is 2.44. The summed E-state index contributed by atoms with van der Waals surface area (Å²) in [4.78, 5) is 16.4. The summed E-state index contributed by atoms with van der Waals surface area (Å²) in [5.74, 6) is -0.314. The molecular weight excluding hydrogens is 216 g/mol. The van der Waals surface area contributed by atoms with Gasteiger partial charge in [0, 0.05) is 5.69 Å². The Morgan fingerprint density at radius 2 is 2.06 bits per heavy atom. The Morgan fingerprint density at radius 1 is 1.35 bits per heavy atom. The van der Waals surface area contributed by atoms with Gasteiger partial charge in [-0.3, -0.25) is 4.40 Å². The number of carbonyl (C=O) groups excluding carboxylic acids is 1. The fourth-order valence-electron chi connectivity index (χ4n) is 1.97. The third kappa shape index (κ3) is 1.79. The predicted molar refractivity (Wildman–Crippen MR) is 65.4 cm³/mol. The summed E-state index contributed by atoms with van der Waals surface area (Å²) in [5, 5.41) is 0. The third-order valence-corrected chi connectivity index (χ3v) is 2.80. The van der Waals surface area contributed by atoms with Crippen LogP contribution in [0.2, 0.25) is 0 Å². The van der Waals surface area contributed by atoms with E-state index in [4.69, 9.17) is 4.74 Å². The quantitative estimate of drug-likeness (QED) is 0.747. The summed E-state index contributed by atoms with van der Waals surface area (Å²) in [6.07, 6.45) is 0. The molecule has 0 aliphatic heterocycles. The van der Waals surface area contributed by atoms with Gasteiger partial charge in [0.05, 0.1) is 12.3 Å². The van der Waals surface area contributed by atoms with Gasteiger partial charge in [-0.2, -0.15) is 0 Å². The van der Waals surface area contributed by atoms with Gasteiger partial charge in [0.15, 0.2) is 5.69 Å². The minimum atomic E-state index is -0.314. The number of hydrogen-bond donors (Lipinski definition) is 0. The van der Waals surface area contributed by atoms with Crippen LogP contribution < -0.4 is 0 Å². The topological polar surface area (TPSA) is 43.6 Å². The van der Waals surface area contributed by atoms with Crippen LogP contribution in [0.4, 0.5) is 0 Å². The van der Waals surface area contributed by atoms with Gasteiger partial charge in [-0.1, -0.05) is 6.07 Å². The number of rotatable bonds is 2. The van der Waals surface area contributed by atoms with E-state index in [-0.39, 0.29) is 5.97 Å². The zero-order valence-electron chi connectivity index (χ0n) is 10.6. The standard InChI is InChI=1S/C13H16N2O2/c1-5-17-13(16)11-10(4)14-12-8(2)6-7-9(3)15(11)12/h6-7H,5H2,1-4H3. The summed E-state index contributed by atoms with van der Waals surface area (Å²) in [7, 11) is 0. The third-order valence-electron chi connectivity index (χ3n) is 2.80. The van der Waals surface area contributed by atoms with E-state index >= 15 is 0 Å². The number of esters is 1. The van der Waals surface area contributed by atoms with Crippen LogP contribution in [0.15, 0.2) is 12.1 Å². The Hall–Kier alpha value is -1.84. The van der Waals surface area contributed by atoms with Crippen LogP contribution in [-0.2, 0) is 4.74 Å². The van der Waals surface area contributed by atoms with Crippen molar-refractivity contribution in [3.63, 3.8) is 0 Å². The molecule has 0 N–H and O–H groups in total. The lowest BCUT2D eigenvalue weighted by molar-refractivity contribution is 0.0517. The number of aromatic nitrogens is 2. The number of pyridine rings is 1. The van der Waals surface area contributed by atoms with Gasteiger partial charge >= 0.3 is 5.97 Å². The van der Waals surface area contributed by atoms with Crippen molar-refractivity contribution in [2.75, 3.05) is 6.61 Å². The van der Waals surface area contributed by atoms with E-state index in [2.05, 4.69) is 4.98 Å². The molecule has 0 saturated heterocycles. The van der Waals surface area contributed by atoms with Crippen molar-refractivity contribution < 1.29 is 9.53 Å². The van der Waals surface area contributed by atoms with E-state index in [9.17, 15) is 4.79 Å². The molecule has 2 rings (SSSR count). The SMILES string of the molecule is CCOC(=O)c1c(C)nc2c(C)ccc(C)n12. The van der Waals surface area contributed by atoms with Crippen molar-refractivity contribution in [2.45, 2.75) is 27.7 Å². The number of fused-ring (bicyclic) bond motifs is 1. The molecule has 0 bridgehead atoms. The van der Waals surface area contributed by atoms with Crippen LogP contribution in [0.3, 0.4) is 0 Å². The molecule has 0 radical (unpaired) electrons. The molecule has 2 aromatic rings. The van der Waals surface area contributed by atoms with Gasteiger partial charge in [-0.15, -0.1) is 0 Å². The molecule has 0 fully saturated rings. The van der Waals surface area contributed by atoms with Gasteiger partial charge in [-0.05, 0) is 39.3 Å². The molecule has 2 aromatic heterocycles. The average molecular weight is 232 g/mol. The molecule has 0 atom stereocenters. The minimum absolute atomic E-state index is 0.314. The zero-order valence-corrected chi connectivity index (χ0v) is 10.6. The van der Waals surface area contributed by atoms with Gasteiger partial charge in [0.1, 0.15) is 5.65 Å². The molecule has 0 amide bonds. The Kier molecular flexibility index (Phi) is 2.88. The van der Waals surface area contributed by atoms with E-state index in [1.165, 1.54) is 0 Å². The Labute approximate surface area is 100 Å². The molecule has 0 unspecified atom stereocenters. The lowest BCUT2D eigenvalue weighted by Gasteiger charge is -2.06. The maximum Gasteiger partial charge on any atom is 0.357 e. The molecule has 4 nitrogen and oxygen atoms in total. The van der Waals surface area contributed by atoms with Gasteiger partial charge < -0.3 is 4.74 Å². The van der Waals surface area contributed by atoms with Crippen molar-refractivity contribution in [3.05, 3.63) is 34.8 Å². The normalized spacial score (nSPS) is 10.8. The number of ether oxygens (including phenoxy) is 1. The lowest BCUT2D eigenvalue weighted by atomic mass is 10.2. The zero-order chi connectivity index (χ0) is 12.6. The molecule has 0 spiro atoms. The first-order valence-corrected chi connectivity index (χ1v) is 5.68. The van der Waals surface area contributed by atoms with Crippen LogP contribution in [0.1, 0.15) is 34.4 Å². The molecule has 2 heterocycles. The van der Waals surface area contributed by atoms with Crippen molar-refractivity contribution in [2.24, 2.45) is 0 Å². The monoisotopic (exact) mass is 232 g/mol. The van der Waals surface area contributed by atoms with Gasteiger partial charge in [-0.25, -0.2) is 9.78 Å². The molecular formula is C13H16N2O2. The average Bonchev–Trinajstić information content (AvgIpc) is 2.63. The van der Waals surface area contributed by atoms with Crippen molar-refractivity contribution in [1.29, 1.82) is 0 Å². The van der Waals surface area contributed by atoms with E-state index in [1.807, 2.05) is 37.3 Å². The lowest BCUT2D eigenvalue weighted by Crippen LogP contribution is -2.11. The molecule has 0 saturated carbocycles. The van der Waals surface area contributed by atoms with E-state index < -0.39 is 0 Å². The number of carbonyl (C=O) groups is 1. The second-order valence-electron chi connectivity index (χ2n) is 4.08. The summed E-state index contributed by atoms with van der Waals surface area (Å²) >= 11 is 0. The van der Waals surface area contributed by atoms with Crippen LogP contribution in [0.25, 0.3) is 5.65 Å². The molecule has 17 heavy (non-hydrogen) atoms. The first-order chi connectivity index (χ1) is 8.06. The summed E-state index contributed by atoms with van der Waals surface area (Å²) in [6.45, 7) is 7.94. The van der Waals surface area contributed by atoms with Crippen LogP contribution in [0, 0.1) is 20.8 Å². The fraction of sp³-hybridized carbons (Fsp3) is 0.385. The largest absolute Gasteiger partial charge is 0.461 e. The second kappa shape index (κ2) is 4.20. The highest BCUT2D eigenvalue weighted by Crippen LogP contribution is 2.18. The highest BCUT2D eigenvalue weighted by Gasteiger charge is 2.19. The molecule has 0 aromatic carbocycles. The van der Waals surface area contributed by atoms with Crippen LogP contribution in [-0.4, -0.2) is 22.0 Å². The first kappa shape index (κ1) is 11.6. The van der Waals surface area contributed by atoms with E-state index in [0.29, 0.717) is 18.0 Å². The number of hydrogen-bond acceptors (Lipinski definition) is 3.